The first-order valence-corrected chi connectivity index (χ1v) is 5.71. The lowest BCUT2D eigenvalue weighted by Gasteiger charge is -2.10. The van der Waals surface area contributed by atoms with Gasteiger partial charge < -0.3 is 15.6 Å². The fourth-order valence-corrected chi connectivity index (χ4v) is 1.53. The third-order valence-corrected chi connectivity index (χ3v) is 2.84. The molecular weight excluding hydrogens is 274 g/mol. The van der Waals surface area contributed by atoms with Crippen molar-refractivity contribution < 1.29 is 14.6 Å². The average molecular weight is 288 g/mol. The maximum Gasteiger partial charge on any atom is 0.323 e. The van der Waals surface area contributed by atoms with Gasteiger partial charge in [0.25, 0.3) is 0 Å². The van der Waals surface area contributed by atoms with Crippen LogP contribution in [0.25, 0.3) is 0 Å². The smallest absolute Gasteiger partial charge is 0.323 e. The number of esters is 1. The number of aliphatic hydroxyl groups is 1. The van der Waals surface area contributed by atoms with Crippen LogP contribution in [0, 0.1) is 0 Å². The molecule has 3 N–H and O–H groups in total. The van der Waals surface area contributed by atoms with E-state index in [0.29, 0.717) is 0 Å². The minimum atomic E-state index is -0.757. The van der Waals surface area contributed by atoms with Crippen molar-refractivity contribution in [3.63, 3.8) is 0 Å². The zero-order chi connectivity index (χ0) is 12.0. The van der Waals surface area contributed by atoms with Crippen molar-refractivity contribution in [1.82, 2.24) is 0 Å². The van der Waals surface area contributed by atoms with Crippen LogP contribution in [0.15, 0.2) is 28.7 Å². The van der Waals surface area contributed by atoms with E-state index in [-0.39, 0.29) is 19.6 Å². The molecule has 5 heteroatoms. The minimum absolute atomic E-state index is 0.120. The lowest BCUT2D eigenvalue weighted by Crippen LogP contribution is -2.33. The SMILES string of the molecule is N[C@H](CCO)C(=O)OCc1ccccc1Br. The summed E-state index contributed by atoms with van der Waals surface area (Å²) in [5.41, 5.74) is 6.37. The van der Waals surface area contributed by atoms with Crippen molar-refractivity contribution in [2.24, 2.45) is 5.73 Å². The Balaban J connectivity index is 2.46. The van der Waals surface area contributed by atoms with Gasteiger partial charge in [-0.15, -0.1) is 0 Å². The van der Waals surface area contributed by atoms with Crippen LogP contribution in [0.5, 0.6) is 0 Å². The Morgan fingerprint density at radius 3 is 2.81 bits per heavy atom. The van der Waals surface area contributed by atoms with E-state index in [9.17, 15) is 4.79 Å². The fourth-order valence-electron chi connectivity index (χ4n) is 1.13. The Hall–Kier alpha value is -0.910. The quantitative estimate of drug-likeness (QED) is 0.799. The molecule has 0 fully saturated rings. The third-order valence-electron chi connectivity index (χ3n) is 2.07. The Morgan fingerprint density at radius 2 is 2.19 bits per heavy atom. The molecule has 1 aromatic rings. The third kappa shape index (κ3) is 3.92. The molecule has 16 heavy (non-hydrogen) atoms. The highest BCUT2D eigenvalue weighted by Crippen LogP contribution is 2.16. The minimum Gasteiger partial charge on any atom is -0.460 e. The van der Waals surface area contributed by atoms with Gasteiger partial charge in [0.15, 0.2) is 0 Å². The topological polar surface area (TPSA) is 72.5 Å². The molecular formula is C11H14BrNO3. The Kier molecular flexibility index (Phi) is 5.45. The van der Waals surface area contributed by atoms with Crippen molar-refractivity contribution in [3.8, 4) is 0 Å². The Bertz CT molecular complexity index is 357. The number of hydrogen-bond acceptors (Lipinski definition) is 4. The second-order valence-corrected chi connectivity index (χ2v) is 4.17. The maximum absolute atomic E-state index is 11.3. The van der Waals surface area contributed by atoms with Crippen LogP contribution in [0.1, 0.15) is 12.0 Å². The van der Waals surface area contributed by atoms with Crippen molar-refractivity contribution in [3.05, 3.63) is 34.3 Å². The van der Waals surface area contributed by atoms with E-state index >= 15 is 0 Å². The maximum atomic E-state index is 11.3. The van der Waals surface area contributed by atoms with E-state index in [4.69, 9.17) is 15.6 Å². The summed E-state index contributed by atoms with van der Waals surface area (Å²) in [6, 6.07) is 6.72. The molecule has 0 bridgehead atoms. The van der Waals surface area contributed by atoms with E-state index in [1.807, 2.05) is 24.3 Å². The number of halogens is 1. The molecule has 0 radical (unpaired) electrons. The molecule has 0 saturated carbocycles. The van der Waals surface area contributed by atoms with Gasteiger partial charge in [-0.2, -0.15) is 0 Å². The molecule has 1 aromatic carbocycles. The van der Waals surface area contributed by atoms with E-state index in [2.05, 4.69) is 15.9 Å². The van der Waals surface area contributed by atoms with Gasteiger partial charge in [0.1, 0.15) is 12.6 Å². The molecule has 0 aliphatic carbocycles. The van der Waals surface area contributed by atoms with Crippen LogP contribution in [0.2, 0.25) is 0 Å². The standard InChI is InChI=1S/C11H14BrNO3/c12-9-4-2-1-3-8(9)7-16-11(15)10(13)5-6-14/h1-4,10,14H,5-7,13H2/t10-/m1/s1. The van der Waals surface area contributed by atoms with Gasteiger partial charge >= 0.3 is 5.97 Å². The second kappa shape index (κ2) is 6.62. The van der Waals surface area contributed by atoms with Gasteiger partial charge in [-0.3, -0.25) is 4.79 Å². The number of aliphatic hydroxyl groups excluding tert-OH is 1. The van der Waals surface area contributed by atoms with Crippen molar-refractivity contribution in [2.75, 3.05) is 6.61 Å². The van der Waals surface area contributed by atoms with Crippen LogP contribution < -0.4 is 5.73 Å². The summed E-state index contributed by atoms with van der Waals surface area (Å²) in [5.74, 6) is -0.496. The van der Waals surface area contributed by atoms with Gasteiger partial charge in [0.05, 0.1) is 0 Å². The number of nitrogens with two attached hydrogens (primary N) is 1. The molecule has 0 unspecified atom stereocenters. The number of benzene rings is 1. The first-order valence-electron chi connectivity index (χ1n) is 4.91. The second-order valence-electron chi connectivity index (χ2n) is 3.32. The van der Waals surface area contributed by atoms with Crippen LogP contribution in [-0.2, 0) is 16.1 Å². The van der Waals surface area contributed by atoms with E-state index < -0.39 is 12.0 Å². The molecule has 1 atom stereocenters. The van der Waals surface area contributed by atoms with Crippen LogP contribution in [0.3, 0.4) is 0 Å². The summed E-state index contributed by atoms with van der Waals surface area (Å²) >= 11 is 3.35. The fraction of sp³-hybridized carbons (Fsp3) is 0.364. The van der Waals surface area contributed by atoms with Crippen LogP contribution in [0.4, 0.5) is 0 Å². The van der Waals surface area contributed by atoms with Gasteiger partial charge in [0, 0.05) is 16.6 Å². The van der Waals surface area contributed by atoms with Gasteiger partial charge in [-0.05, 0) is 12.5 Å². The molecule has 0 amide bonds. The molecule has 4 nitrogen and oxygen atoms in total. The Morgan fingerprint density at radius 1 is 1.50 bits per heavy atom. The highest BCUT2D eigenvalue weighted by Gasteiger charge is 2.14. The zero-order valence-corrected chi connectivity index (χ0v) is 10.3. The normalized spacial score (nSPS) is 12.2. The number of hydrogen-bond donors (Lipinski definition) is 2. The molecule has 0 heterocycles. The first kappa shape index (κ1) is 13.2. The molecule has 1 rings (SSSR count). The van der Waals surface area contributed by atoms with E-state index in [0.717, 1.165) is 10.0 Å². The molecule has 88 valence electrons. The summed E-state index contributed by atoms with van der Waals surface area (Å²) in [7, 11) is 0. The van der Waals surface area contributed by atoms with Gasteiger partial charge in [-0.25, -0.2) is 0 Å². The molecule has 0 aromatic heterocycles. The van der Waals surface area contributed by atoms with Crippen LogP contribution in [-0.4, -0.2) is 23.7 Å². The zero-order valence-electron chi connectivity index (χ0n) is 8.73. The van der Waals surface area contributed by atoms with E-state index in [1.165, 1.54) is 0 Å². The van der Waals surface area contributed by atoms with E-state index in [1.54, 1.807) is 0 Å². The molecule has 0 saturated heterocycles. The van der Waals surface area contributed by atoms with Gasteiger partial charge in [-0.1, -0.05) is 34.1 Å². The lowest BCUT2D eigenvalue weighted by atomic mass is 10.2. The Labute approximate surface area is 103 Å². The summed E-state index contributed by atoms with van der Waals surface area (Å²) in [4.78, 5) is 11.3. The summed E-state index contributed by atoms with van der Waals surface area (Å²) in [6.07, 6.45) is 0.217. The van der Waals surface area contributed by atoms with Crippen LogP contribution >= 0.6 is 15.9 Å². The number of rotatable bonds is 5. The lowest BCUT2D eigenvalue weighted by molar-refractivity contribution is -0.146. The highest BCUT2D eigenvalue weighted by atomic mass is 79.9. The number of carbonyl (C=O) groups excluding carboxylic acids is 1. The monoisotopic (exact) mass is 287 g/mol. The highest BCUT2D eigenvalue weighted by molar-refractivity contribution is 9.10. The molecule has 0 aliphatic rings. The summed E-state index contributed by atoms with van der Waals surface area (Å²) < 4.78 is 5.91. The number of carbonyl (C=O) groups is 1. The van der Waals surface area contributed by atoms with Crippen molar-refractivity contribution in [2.45, 2.75) is 19.1 Å². The first-order chi connectivity index (χ1) is 7.65. The molecule has 0 spiro atoms. The molecule has 0 aliphatic heterocycles. The predicted octanol–water partition coefficient (Wildman–Crippen LogP) is 1.20. The largest absolute Gasteiger partial charge is 0.460 e. The predicted molar refractivity (Wildman–Crippen MR) is 63.6 cm³/mol. The van der Waals surface area contributed by atoms with Crippen molar-refractivity contribution in [1.29, 1.82) is 0 Å². The van der Waals surface area contributed by atoms with Crippen molar-refractivity contribution >= 4 is 21.9 Å². The summed E-state index contributed by atoms with van der Waals surface area (Å²) in [5, 5.41) is 8.62. The average Bonchev–Trinajstić information content (AvgIpc) is 2.28. The summed E-state index contributed by atoms with van der Waals surface area (Å²) in [6.45, 7) is 0.0602. The van der Waals surface area contributed by atoms with Gasteiger partial charge in [0.2, 0.25) is 0 Å². The number of ether oxygens (including phenoxy) is 1.